The van der Waals surface area contributed by atoms with Crippen molar-refractivity contribution in [2.75, 3.05) is 27.7 Å². The van der Waals surface area contributed by atoms with Crippen molar-refractivity contribution in [3.63, 3.8) is 0 Å². The van der Waals surface area contributed by atoms with Crippen LogP contribution in [0.25, 0.3) is 0 Å². The second-order valence-corrected chi connectivity index (χ2v) is 6.78. The van der Waals surface area contributed by atoms with Crippen LogP contribution in [0, 0.1) is 6.92 Å². The molecule has 1 heterocycles. The monoisotopic (exact) mass is 490 g/mol. The fourth-order valence-electron chi connectivity index (χ4n) is 2.39. The maximum Gasteiger partial charge on any atom is 0.193 e. The number of aliphatic imine (C=N–C) groups is 1. The molecule has 0 aliphatic carbocycles. The highest BCUT2D eigenvalue weighted by Crippen LogP contribution is 2.26. The lowest BCUT2D eigenvalue weighted by Crippen LogP contribution is -2.42. The molecule has 0 aliphatic rings. The number of halogens is 1. The van der Waals surface area contributed by atoms with Gasteiger partial charge in [0.15, 0.2) is 17.5 Å². The first-order valence-corrected chi connectivity index (χ1v) is 9.04. The van der Waals surface area contributed by atoms with E-state index >= 15 is 0 Å². The molecule has 0 saturated carbocycles. The van der Waals surface area contributed by atoms with Gasteiger partial charge in [-0.1, -0.05) is 12.1 Å². The molecule has 26 heavy (non-hydrogen) atoms. The molecule has 144 valence electrons. The maximum absolute atomic E-state index is 5.96. The summed E-state index contributed by atoms with van der Waals surface area (Å²) in [5, 5.41) is 6.49. The third-order valence-corrected chi connectivity index (χ3v) is 4.41. The molecular weight excluding hydrogens is 463 g/mol. The number of rotatable bonds is 7. The number of methoxy groups -OCH3 is 1. The van der Waals surface area contributed by atoms with Gasteiger partial charge in [-0.3, -0.25) is 4.99 Å². The molecule has 0 bridgehead atoms. The number of aromatic nitrogens is 1. The van der Waals surface area contributed by atoms with Gasteiger partial charge in [-0.15, -0.1) is 35.3 Å². The van der Waals surface area contributed by atoms with Crippen molar-refractivity contribution in [2.45, 2.75) is 26.5 Å². The summed E-state index contributed by atoms with van der Waals surface area (Å²) in [4.78, 5) is 10.9. The van der Waals surface area contributed by atoms with E-state index in [1.165, 1.54) is 0 Å². The molecule has 2 aromatic rings. The van der Waals surface area contributed by atoms with Crippen LogP contribution in [0.1, 0.15) is 17.6 Å². The summed E-state index contributed by atoms with van der Waals surface area (Å²) in [7, 11) is 5.41. The zero-order valence-corrected chi connectivity index (χ0v) is 19.0. The van der Waals surface area contributed by atoms with Crippen molar-refractivity contribution in [1.29, 1.82) is 0 Å². The van der Waals surface area contributed by atoms with E-state index in [-0.39, 0.29) is 30.1 Å². The summed E-state index contributed by atoms with van der Waals surface area (Å²) >= 11 is 1.66. The van der Waals surface area contributed by atoms with Crippen LogP contribution in [0.2, 0.25) is 0 Å². The van der Waals surface area contributed by atoms with E-state index in [9.17, 15) is 0 Å². The SMILES string of the molecule is CN=C(NCC(C)Oc1ccccc1OC)N(C)Cc1csc(C)n1.I. The smallest absolute Gasteiger partial charge is 0.193 e. The Morgan fingerprint density at radius 3 is 2.62 bits per heavy atom. The molecule has 2 rings (SSSR count). The van der Waals surface area contributed by atoms with Crippen molar-refractivity contribution in [2.24, 2.45) is 4.99 Å². The molecule has 1 aromatic carbocycles. The predicted octanol–water partition coefficient (Wildman–Crippen LogP) is 3.55. The fourth-order valence-corrected chi connectivity index (χ4v) is 3.00. The van der Waals surface area contributed by atoms with Gasteiger partial charge in [0, 0.05) is 19.5 Å². The van der Waals surface area contributed by atoms with Gasteiger partial charge < -0.3 is 19.7 Å². The summed E-state index contributed by atoms with van der Waals surface area (Å²) < 4.78 is 11.3. The molecule has 0 aliphatic heterocycles. The normalized spacial score (nSPS) is 12.1. The molecule has 1 atom stereocenters. The molecule has 1 aromatic heterocycles. The van der Waals surface area contributed by atoms with Gasteiger partial charge in [0.2, 0.25) is 0 Å². The quantitative estimate of drug-likeness (QED) is 0.366. The highest BCUT2D eigenvalue weighted by Gasteiger charge is 2.12. The first-order chi connectivity index (χ1) is 12.0. The number of hydrogen-bond donors (Lipinski definition) is 1. The van der Waals surface area contributed by atoms with Gasteiger partial charge >= 0.3 is 0 Å². The third-order valence-electron chi connectivity index (χ3n) is 3.58. The molecule has 1 N–H and O–H groups in total. The lowest BCUT2D eigenvalue weighted by atomic mass is 10.3. The predicted molar refractivity (Wildman–Crippen MR) is 118 cm³/mol. The Hall–Kier alpha value is -1.55. The lowest BCUT2D eigenvalue weighted by Gasteiger charge is -2.23. The van der Waals surface area contributed by atoms with Crippen LogP contribution in [-0.4, -0.2) is 49.7 Å². The Balaban J connectivity index is 0.00000338. The first-order valence-electron chi connectivity index (χ1n) is 8.16. The minimum absolute atomic E-state index is 0. The van der Waals surface area contributed by atoms with Crippen LogP contribution in [0.4, 0.5) is 0 Å². The third kappa shape index (κ3) is 6.64. The van der Waals surface area contributed by atoms with Gasteiger partial charge in [0.05, 0.1) is 30.9 Å². The zero-order chi connectivity index (χ0) is 18.2. The number of hydrogen-bond acceptors (Lipinski definition) is 5. The molecule has 0 saturated heterocycles. The molecule has 0 fully saturated rings. The molecule has 6 nitrogen and oxygen atoms in total. The Morgan fingerprint density at radius 2 is 2.04 bits per heavy atom. The molecular formula is C18H27IN4O2S. The van der Waals surface area contributed by atoms with Crippen molar-refractivity contribution in [1.82, 2.24) is 15.2 Å². The highest BCUT2D eigenvalue weighted by molar-refractivity contribution is 14.0. The standard InChI is InChI=1S/C18H26N4O2S.HI/c1-13(24-17-9-7-6-8-16(17)23-5)10-20-18(19-3)22(4)11-15-12-25-14(2)21-15;/h6-9,12-13H,10-11H2,1-5H3,(H,19,20);1H. The highest BCUT2D eigenvalue weighted by atomic mass is 127. The molecule has 0 radical (unpaired) electrons. The summed E-state index contributed by atoms with van der Waals surface area (Å²) in [5.74, 6) is 2.27. The average Bonchev–Trinajstić information content (AvgIpc) is 3.00. The number of thiazole rings is 1. The topological polar surface area (TPSA) is 59.0 Å². The van der Waals surface area contributed by atoms with Crippen LogP contribution < -0.4 is 14.8 Å². The van der Waals surface area contributed by atoms with Crippen LogP contribution in [-0.2, 0) is 6.54 Å². The second-order valence-electron chi connectivity index (χ2n) is 5.72. The van der Waals surface area contributed by atoms with Crippen LogP contribution in [0.15, 0.2) is 34.6 Å². The Bertz CT molecular complexity index is 708. The number of ether oxygens (including phenoxy) is 2. The van der Waals surface area contributed by atoms with Gasteiger partial charge in [-0.05, 0) is 26.0 Å². The minimum Gasteiger partial charge on any atom is -0.493 e. The Kier molecular flexibility index (Phi) is 9.71. The van der Waals surface area contributed by atoms with Gasteiger partial charge in [-0.2, -0.15) is 0 Å². The van der Waals surface area contributed by atoms with Crippen molar-refractivity contribution in [3.8, 4) is 11.5 Å². The van der Waals surface area contributed by atoms with E-state index in [2.05, 4.69) is 20.7 Å². The number of nitrogens with one attached hydrogen (secondary N) is 1. The molecule has 1 unspecified atom stereocenters. The Labute approximate surface area is 176 Å². The number of guanidine groups is 1. The molecule has 8 heteroatoms. The van der Waals surface area contributed by atoms with Crippen molar-refractivity contribution in [3.05, 3.63) is 40.3 Å². The van der Waals surface area contributed by atoms with Gasteiger partial charge in [0.25, 0.3) is 0 Å². The number of nitrogens with zero attached hydrogens (tertiary/aromatic N) is 3. The average molecular weight is 490 g/mol. The van der Waals surface area contributed by atoms with E-state index < -0.39 is 0 Å². The number of para-hydroxylation sites is 2. The van der Waals surface area contributed by atoms with Gasteiger partial charge in [-0.25, -0.2) is 4.98 Å². The van der Waals surface area contributed by atoms with Crippen molar-refractivity contribution >= 4 is 41.3 Å². The zero-order valence-electron chi connectivity index (χ0n) is 15.9. The van der Waals surface area contributed by atoms with E-state index in [0.717, 1.165) is 28.2 Å². The van der Waals surface area contributed by atoms with Crippen LogP contribution in [0.5, 0.6) is 11.5 Å². The van der Waals surface area contributed by atoms with E-state index in [0.29, 0.717) is 13.1 Å². The number of benzene rings is 1. The molecule has 0 amide bonds. The van der Waals surface area contributed by atoms with Crippen LogP contribution >= 0.6 is 35.3 Å². The summed E-state index contributed by atoms with van der Waals surface area (Å²) in [6, 6.07) is 7.64. The van der Waals surface area contributed by atoms with E-state index in [1.807, 2.05) is 50.1 Å². The number of aryl methyl sites for hydroxylation is 1. The summed E-state index contributed by atoms with van der Waals surface area (Å²) in [6.07, 6.45) is -0.0389. The fraction of sp³-hybridized carbons (Fsp3) is 0.444. The van der Waals surface area contributed by atoms with Crippen LogP contribution in [0.3, 0.4) is 0 Å². The second kappa shape index (κ2) is 11.2. The maximum atomic E-state index is 5.96. The summed E-state index contributed by atoms with van der Waals surface area (Å²) in [5.41, 5.74) is 1.05. The first kappa shape index (κ1) is 22.5. The largest absolute Gasteiger partial charge is 0.493 e. The minimum atomic E-state index is -0.0389. The van der Waals surface area contributed by atoms with E-state index in [1.54, 1.807) is 25.5 Å². The lowest BCUT2D eigenvalue weighted by molar-refractivity contribution is 0.212. The van der Waals surface area contributed by atoms with Crippen molar-refractivity contribution < 1.29 is 9.47 Å². The van der Waals surface area contributed by atoms with E-state index in [4.69, 9.17) is 9.47 Å². The Morgan fingerprint density at radius 1 is 1.35 bits per heavy atom. The molecule has 0 spiro atoms. The summed E-state index contributed by atoms with van der Waals surface area (Å²) in [6.45, 7) is 5.37. The van der Waals surface area contributed by atoms with Gasteiger partial charge in [0.1, 0.15) is 6.10 Å².